The van der Waals surface area contributed by atoms with Crippen LogP contribution in [0.3, 0.4) is 0 Å². The summed E-state index contributed by atoms with van der Waals surface area (Å²) in [6, 6.07) is 18.4. The van der Waals surface area contributed by atoms with Crippen LogP contribution in [0.4, 0.5) is 17.3 Å². The molecule has 4 nitrogen and oxygen atoms in total. The summed E-state index contributed by atoms with van der Waals surface area (Å²) in [5.41, 5.74) is 3.47. The molecule has 5 heteroatoms. The van der Waals surface area contributed by atoms with Gasteiger partial charge in [0.05, 0.1) is 0 Å². The van der Waals surface area contributed by atoms with E-state index < -0.39 is 0 Å². The minimum atomic E-state index is 0.725. The van der Waals surface area contributed by atoms with Crippen molar-refractivity contribution in [2.24, 2.45) is 0 Å². The largest absolute Gasteiger partial charge is 0.366 e. The molecule has 24 heavy (non-hydrogen) atoms. The van der Waals surface area contributed by atoms with Crippen LogP contribution >= 0.6 is 15.9 Å². The molecule has 2 aromatic carbocycles. The first-order valence-electron chi connectivity index (χ1n) is 7.76. The molecule has 0 atom stereocenters. The van der Waals surface area contributed by atoms with Crippen LogP contribution in [0.25, 0.3) is 0 Å². The van der Waals surface area contributed by atoms with Gasteiger partial charge >= 0.3 is 0 Å². The van der Waals surface area contributed by atoms with Gasteiger partial charge < -0.3 is 10.6 Å². The van der Waals surface area contributed by atoms with Crippen LogP contribution in [-0.2, 0) is 6.54 Å². The monoisotopic (exact) mass is 382 g/mol. The Morgan fingerprint density at radius 3 is 2.25 bits per heavy atom. The van der Waals surface area contributed by atoms with Gasteiger partial charge in [-0.3, -0.25) is 0 Å². The Hall–Kier alpha value is -2.40. The van der Waals surface area contributed by atoms with Crippen LogP contribution in [0.5, 0.6) is 0 Å². The molecule has 3 aromatic rings. The van der Waals surface area contributed by atoms with Gasteiger partial charge in [-0.15, -0.1) is 0 Å². The molecule has 0 amide bonds. The topological polar surface area (TPSA) is 49.8 Å². The zero-order valence-corrected chi connectivity index (χ0v) is 15.3. The van der Waals surface area contributed by atoms with E-state index in [-0.39, 0.29) is 0 Å². The van der Waals surface area contributed by atoms with Crippen LogP contribution < -0.4 is 10.6 Å². The Labute approximate surface area is 150 Å². The van der Waals surface area contributed by atoms with Crippen molar-refractivity contribution in [2.75, 3.05) is 10.6 Å². The molecule has 3 rings (SSSR count). The number of nitrogens with zero attached hydrogens (tertiary/aromatic N) is 2. The van der Waals surface area contributed by atoms with Crippen LogP contribution in [-0.4, -0.2) is 9.97 Å². The van der Waals surface area contributed by atoms with Crippen LogP contribution in [0, 0.1) is 13.8 Å². The summed E-state index contributed by atoms with van der Waals surface area (Å²) < 4.78 is 1.05. The highest BCUT2D eigenvalue weighted by Crippen LogP contribution is 2.20. The van der Waals surface area contributed by atoms with Gasteiger partial charge in [-0.1, -0.05) is 45.8 Å². The maximum Gasteiger partial charge on any atom is 0.136 e. The number of nitrogens with one attached hydrogen (secondary N) is 2. The molecule has 0 unspecified atom stereocenters. The van der Waals surface area contributed by atoms with Gasteiger partial charge in [0.25, 0.3) is 0 Å². The molecule has 0 aliphatic carbocycles. The van der Waals surface area contributed by atoms with Gasteiger partial charge in [0.2, 0.25) is 0 Å². The number of rotatable bonds is 5. The highest BCUT2D eigenvalue weighted by Gasteiger charge is 2.03. The van der Waals surface area contributed by atoms with Crippen LogP contribution in [0.15, 0.2) is 59.1 Å². The highest BCUT2D eigenvalue weighted by molar-refractivity contribution is 9.10. The number of halogens is 1. The van der Waals surface area contributed by atoms with Gasteiger partial charge in [-0.2, -0.15) is 0 Å². The van der Waals surface area contributed by atoms with Crippen LogP contribution in [0.2, 0.25) is 0 Å². The van der Waals surface area contributed by atoms with E-state index in [0.29, 0.717) is 0 Å². The second kappa shape index (κ2) is 7.45. The van der Waals surface area contributed by atoms with Crippen molar-refractivity contribution in [3.05, 3.63) is 76.0 Å². The summed E-state index contributed by atoms with van der Waals surface area (Å²) >= 11 is 3.44. The lowest BCUT2D eigenvalue weighted by Gasteiger charge is -2.10. The first kappa shape index (κ1) is 16.5. The summed E-state index contributed by atoms with van der Waals surface area (Å²) in [7, 11) is 0. The Morgan fingerprint density at radius 2 is 1.54 bits per heavy atom. The van der Waals surface area contributed by atoms with Crippen molar-refractivity contribution in [1.82, 2.24) is 9.97 Å². The fourth-order valence-corrected chi connectivity index (χ4v) is 2.57. The van der Waals surface area contributed by atoms with E-state index in [4.69, 9.17) is 0 Å². The van der Waals surface area contributed by atoms with Crippen molar-refractivity contribution in [2.45, 2.75) is 20.4 Å². The molecular weight excluding hydrogens is 364 g/mol. The van der Waals surface area contributed by atoms with Crippen molar-refractivity contribution in [1.29, 1.82) is 0 Å². The third-order valence-electron chi connectivity index (χ3n) is 3.55. The molecule has 1 aromatic heterocycles. The predicted molar refractivity (Wildman–Crippen MR) is 103 cm³/mol. The maximum absolute atomic E-state index is 4.45. The first-order valence-corrected chi connectivity index (χ1v) is 8.55. The molecule has 0 bridgehead atoms. The fraction of sp³-hybridized carbons (Fsp3) is 0.158. The van der Waals surface area contributed by atoms with Gasteiger partial charge in [-0.05, 0) is 43.7 Å². The van der Waals surface area contributed by atoms with Crippen molar-refractivity contribution < 1.29 is 0 Å². The van der Waals surface area contributed by atoms with Gasteiger partial charge in [-0.25, -0.2) is 9.97 Å². The lowest BCUT2D eigenvalue weighted by molar-refractivity contribution is 1.02. The van der Waals surface area contributed by atoms with E-state index in [2.05, 4.69) is 67.7 Å². The van der Waals surface area contributed by atoms with E-state index in [1.54, 1.807) is 0 Å². The smallest absolute Gasteiger partial charge is 0.136 e. The van der Waals surface area contributed by atoms with Gasteiger partial charge in [0.1, 0.15) is 17.5 Å². The van der Waals surface area contributed by atoms with Gasteiger partial charge in [0, 0.05) is 22.8 Å². The average Bonchev–Trinajstić information content (AvgIpc) is 2.56. The van der Waals surface area contributed by atoms with Crippen molar-refractivity contribution in [3.63, 3.8) is 0 Å². The number of anilines is 3. The molecule has 0 spiro atoms. The lowest BCUT2D eigenvalue weighted by Crippen LogP contribution is -2.05. The van der Waals surface area contributed by atoms with E-state index in [0.717, 1.165) is 34.2 Å². The number of aromatic nitrogens is 2. The van der Waals surface area contributed by atoms with Crippen LogP contribution in [0.1, 0.15) is 17.0 Å². The Bertz CT molecular complexity index is 814. The molecule has 0 aliphatic rings. The minimum Gasteiger partial charge on any atom is -0.366 e. The molecule has 0 fully saturated rings. The quantitative estimate of drug-likeness (QED) is 0.635. The summed E-state index contributed by atoms with van der Waals surface area (Å²) in [5.74, 6) is 2.31. The van der Waals surface area contributed by atoms with Gasteiger partial charge in [0.15, 0.2) is 0 Å². The summed E-state index contributed by atoms with van der Waals surface area (Å²) in [6.45, 7) is 4.71. The second-order valence-electron chi connectivity index (χ2n) is 5.66. The molecule has 0 aliphatic heterocycles. The van der Waals surface area contributed by atoms with E-state index in [9.17, 15) is 0 Å². The number of aryl methyl sites for hydroxylation is 2. The standard InChI is InChI=1S/C19H19BrN4/c1-13-3-5-15(6-4-13)12-21-18-11-19(23-14(2)22-18)24-17-9-7-16(20)8-10-17/h3-11H,12H2,1-2H3,(H2,21,22,23,24). The van der Waals surface area contributed by atoms with E-state index >= 15 is 0 Å². The summed E-state index contributed by atoms with van der Waals surface area (Å²) in [5, 5.41) is 6.66. The maximum atomic E-state index is 4.45. The fourth-order valence-electron chi connectivity index (χ4n) is 2.30. The molecule has 122 valence electrons. The third kappa shape index (κ3) is 4.55. The molecule has 2 N–H and O–H groups in total. The number of benzene rings is 2. The predicted octanol–water partition coefficient (Wildman–Crippen LogP) is 5.21. The number of hydrogen-bond donors (Lipinski definition) is 2. The Balaban J connectivity index is 1.71. The second-order valence-corrected chi connectivity index (χ2v) is 6.57. The minimum absolute atomic E-state index is 0.725. The van der Waals surface area contributed by atoms with Crippen molar-refractivity contribution >= 4 is 33.3 Å². The zero-order valence-electron chi connectivity index (χ0n) is 13.7. The normalized spacial score (nSPS) is 10.5. The lowest BCUT2D eigenvalue weighted by atomic mass is 10.1. The highest BCUT2D eigenvalue weighted by atomic mass is 79.9. The summed E-state index contributed by atoms with van der Waals surface area (Å²) in [6.07, 6.45) is 0. The molecule has 0 saturated heterocycles. The van der Waals surface area contributed by atoms with E-state index in [1.165, 1.54) is 11.1 Å². The van der Waals surface area contributed by atoms with Crippen molar-refractivity contribution in [3.8, 4) is 0 Å². The third-order valence-corrected chi connectivity index (χ3v) is 4.08. The first-order chi connectivity index (χ1) is 11.6. The SMILES string of the molecule is Cc1ccc(CNc2cc(Nc3ccc(Br)cc3)nc(C)n2)cc1. The molecule has 0 saturated carbocycles. The molecular formula is C19H19BrN4. The van der Waals surface area contributed by atoms with E-state index in [1.807, 2.05) is 37.3 Å². The number of hydrogen-bond acceptors (Lipinski definition) is 4. The Morgan fingerprint density at radius 1 is 0.875 bits per heavy atom. The Kier molecular flexibility index (Phi) is 5.11. The summed E-state index contributed by atoms with van der Waals surface area (Å²) in [4.78, 5) is 8.90. The average molecular weight is 383 g/mol. The zero-order chi connectivity index (χ0) is 16.9. The molecule has 1 heterocycles. The molecule has 0 radical (unpaired) electrons.